The number of fused-ring (bicyclic) bond motifs is 1. The number of ether oxygens (including phenoxy) is 3. The first-order chi connectivity index (χ1) is 19.3. The summed E-state index contributed by atoms with van der Waals surface area (Å²) in [4.78, 5) is 2.45. The molecule has 0 bridgehead atoms. The van der Waals surface area contributed by atoms with E-state index in [0.29, 0.717) is 24.6 Å². The molecule has 40 heavy (non-hydrogen) atoms. The van der Waals surface area contributed by atoms with E-state index in [1.165, 1.54) is 27.8 Å². The van der Waals surface area contributed by atoms with Gasteiger partial charge in [0, 0.05) is 24.7 Å². The fourth-order valence-corrected chi connectivity index (χ4v) is 6.11. The molecule has 216 valence electrons. The lowest BCUT2D eigenvalue weighted by atomic mass is 9.77. The van der Waals surface area contributed by atoms with E-state index in [0.717, 1.165) is 55.9 Å². The highest BCUT2D eigenvalue weighted by atomic mass is 16.5. The lowest BCUT2D eigenvalue weighted by Crippen LogP contribution is -2.39. The van der Waals surface area contributed by atoms with Crippen LogP contribution in [0.4, 0.5) is 0 Å². The highest BCUT2D eigenvalue weighted by molar-refractivity contribution is 5.44. The second-order valence-corrected chi connectivity index (χ2v) is 11.6. The van der Waals surface area contributed by atoms with Crippen molar-refractivity contribution in [2.45, 2.75) is 83.8 Å². The molecular formula is C35H48N2O3. The number of hydrogen-bond acceptors (Lipinski definition) is 5. The van der Waals surface area contributed by atoms with E-state index in [1.807, 2.05) is 0 Å². The maximum absolute atomic E-state index is 6.88. The fourth-order valence-electron chi connectivity index (χ4n) is 6.11. The Hall–Kier alpha value is -3.02. The first-order valence-electron chi connectivity index (χ1n) is 14.9. The minimum atomic E-state index is -0.0589. The lowest BCUT2D eigenvalue weighted by Gasteiger charge is -2.30. The van der Waals surface area contributed by atoms with E-state index in [-0.39, 0.29) is 6.04 Å². The molecule has 3 aromatic rings. The van der Waals surface area contributed by atoms with Gasteiger partial charge in [-0.25, -0.2) is 0 Å². The summed E-state index contributed by atoms with van der Waals surface area (Å²) in [5.74, 6) is 3.18. The van der Waals surface area contributed by atoms with Crippen LogP contribution >= 0.6 is 0 Å². The number of rotatable bonds is 13. The van der Waals surface area contributed by atoms with Crippen LogP contribution in [0.1, 0.15) is 80.3 Å². The number of nitrogens with zero attached hydrogens (tertiary/aromatic N) is 1. The molecule has 0 saturated heterocycles. The second kappa shape index (κ2) is 14.0. The molecule has 0 spiro atoms. The van der Waals surface area contributed by atoms with Gasteiger partial charge in [0.05, 0.1) is 14.2 Å². The Kier molecular flexibility index (Phi) is 10.5. The van der Waals surface area contributed by atoms with Crippen LogP contribution in [0, 0.1) is 0 Å². The number of nitrogens with two attached hydrogens (primary N) is 1. The topological polar surface area (TPSA) is 57.0 Å². The average Bonchev–Trinajstić information content (AvgIpc) is 2.97. The van der Waals surface area contributed by atoms with Crippen molar-refractivity contribution < 1.29 is 14.2 Å². The quantitative estimate of drug-likeness (QED) is 0.249. The van der Waals surface area contributed by atoms with E-state index >= 15 is 0 Å². The predicted octanol–water partition coefficient (Wildman–Crippen LogP) is 7.11. The number of aryl methyl sites for hydroxylation is 2. The molecule has 5 nitrogen and oxygen atoms in total. The molecule has 0 heterocycles. The van der Waals surface area contributed by atoms with Gasteiger partial charge in [-0.1, -0.05) is 24.3 Å². The minimum absolute atomic E-state index is 0.0589. The SMILES string of the molecule is COc1ccc2c(c1)CCC(c1ccc(OC)cc1C(N)CCc1ccc(OCCN(C(C)C)C(C)C)cc1)C2. The Balaban J connectivity index is 1.38. The van der Waals surface area contributed by atoms with Crippen LogP contribution in [0.2, 0.25) is 0 Å². The van der Waals surface area contributed by atoms with Crippen LogP contribution in [0.25, 0.3) is 0 Å². The van der Waals surface area contributed by atoms with Crippen molar-refractivity contribution in [1.29, 1.82) is 0 Å². The molecule has 4 rings (SSSR count). The summed E-state index contributed by atoms with van der Waals surface area (Å²) in [6.07, 6.45) is 4.98. The summed E-state index contributed by atoms with van der Waals surface area (Å²) in [5, 5.41) is 0. The molecule has 0 fully saturated rings. The van der Waals surface area contributed by atoms with Gasteiger partial charge >= 0.3 is 0 Å². The van der Waals surface area contributed by atoms with E-state index in [9.17, 15) is 0 Å². The smallest absolute Gasteiger partial charge is 0.119 e. The Bertz CT molecular complexity index is 1210. The standard InChI is InChI=1S/C35H48N2O3/c1-24(2)37(25(3)4)19-20-40-30-13-7-26(8-14-30)9-18-35(36)34-23-32(39-6)16-17-33(34)29-11-10-28-22-31(38-5)15-12-27(28)21-29/h7-8,12-17,22-25,29,35H,9-11,18-21,36H2,1-6H3. The summed E-state index contributed by atoms with van der Waals surface area (Å²) in [7, 11) is 3.46. The molecule has 0 aliphatic heterocycles. The van der Waals surface area contributed by atoms with Gasteiger partial charge in [0.15, 0.2) is 0 Å². The highest BCUT2D eigenvalue weighted by Crippen LogP contribution is 2.38. The molecule has 1 aliphatic rings. The fraction of sp³-hybridized carbons (Fsp3) is 0.486. The van der Waals surface area contributed by atoms with E-state index in [1.54, 1.807) is 14.2 Å². The third-order valence-corrected chi connectivity index (χ3v) is 8.39. The van der Waals surface area contributed by atoms with E-state index < -0.39 is 0 Å². The average molecular weight is 545 g/mol. The minimum Gasteiger partial charge on any atom is -0.497 e. The van der Waals surface area contributed by atoms with Crippen LogP contribution in [-0.2, 0) is 19.3 Å². The van der Waals surface area contributed by atoms with Crippen molar-refractivity contribution in [2.24, 2.45) is 5.73 Å². The second-order valence-electron chi connectivity index (χ2n) is 11.6. The van der Waals surface area contributed by atoms with Gasteiger partial charge in [-0.15, -0.1) is 0 Å². The monoisotopic (exact) mass is 544 g/mol. The molecule has 3 aromatic carbocycles. The van der Waals surface area contributed by atoms with Crippen LogP contribution in [0.3, 0.4) is 0 Å². The summed E-state index contributed by atoms with van der Waals surface area (Å²) in [5.41, 5.74) is 13.5. The summed E-state index contributed by atoms with van der Waals surface area (Å²) in [6, 6.07) is 22.4. The number of methoxy groups -OCH3 is 2. The van der Waals surface area contributed by atoms with Crippen molar-refractivity contribution in [1.82, 2.24) is 4.90 Å². The van der Waals surface area contributed by atoms with Gasteiger partial charge in [-0.05, 0) is 130 Å². The van der Waals surface area contributed by atoms with Crippen molar-refractivity contribution in [3.8, 4) is 17.2 Å². The summed E-state index contributed by atoms with van der Waals surface area (Å²) >= 11 is 0. The Morgan fingerprint density at radius 1 is 0.825 bits per heavy atom. The zero-order chi connectivity index (χ0) is 28.6. The van der Waals surface area contributed by atoms with Crippen molar-refractivity contribution >= 4 is 0 Å². The third-order valence-electron chi connectivity index (χ3n) is 8.39. The maximum atomic E-state index is 6.88. The first-order valence-corrected chi connectivity index (χ1v) is 14.9. The maximum Gasteiger partial charge on any atom is 0.119 e. The molecule has 2 N–H and O–H groups in total. The zero-order valence-electron chi connectivity index (χ0n) is 25.3. The molecule has 0 amide bonds. The summed E-state index contributed by atoms with van der Waals surface area (Å²) in [6.45, 7) is 10.6. The van der Waals surface area contributed by atoms with Gasteiger partial charge in [0.25, 0.3) is 0 Å². The Morgan fingerprint density at radius 2 is 1.48 bits per heavy atom. The molecular weight excluding hydrogens is 496 g/mol. The lowest BCUT2D eigenvalue weighted by molar-refractivity contribution is 0.142. The van der Waals surface area contributed by atoms with Crippen molar-refractivity contribution in [3.05, 3.63) is 88.5 Å². The van der Waals surface area contributed by atoms with Crippen LogP contribution in [-0.4, -0.2) is 44.4 Å². The predicted molar refractivity (Wildman–Crippen MR) is 165 cm³/mol. The highest BCUT2D eigenvalue weighted by Gasteiger charge is 2.25. The zero-order valence-corrected chi connectivity index (χ0v) is 25.3. The van der Waals surface area contributed by atoms with Crippen LogP contribution < -0.4 is 19.9 Å². The molecule has 0 aromatic heterocycles. The molecule has 5 heteroatoms. The Morgan fingerprint density at radius 3 is 2.15 bits per heavy atom. The Labute approximate surface area is 241 Å². The molecule has 2 unspecified atom stereocenters. The molecule has 0 radical (unpaired) electrons. The largest absolute Gasteiger partial charge is 0.497 e. The van der Waals surface area contributed by atoms with Gasteiger partial charge in [0.1, 0.15) is 23.9 Å². The van der Waals surface area contributed by atoms with E-state index in [4.69, 9.17) is 19.9 Å². The van der Waals surface area contributed by atoms with Crippen LogP contribution in [0.15, 0.2) is 60.7 Å². The normalized spacial score (nSPS) is 15.8. The van der Waals surface area contributed by atoms with E-state index in [2.05, 4.69) is 93.3 Å². The molecule has 2 atom stereocenters. The number of hydrogen-bond donors (Lipinski definition) is 1. The van der Waals surface area contributed by atoms with Gasteiger partial charge in [-0.3, -0.25) is 4.90 Å². The van der Waals surface area contributed by atoms with Crippen molar-refractivity contribution in [3.63, 3.8) is 0 Å². The van der Waals surface area contributed by atoms with Gasteiger partial charge in [0.2, 0.25) is 0 Å². The van der Waals surface area contributed by atoms with Gasteiger partial charge < -0.3 is 19.9 Å². The van der Waals surface area contributed by atoms with Crippen molar-refractivity contribution in [2.75, 3.05) is 27.4 Å². The number of benzene rings is 3. The molecule has 0 saturated carbocycles. The molecule has 1 aliphatic carbocycles. The van der Waals surface area contributed by atoms with Crippen LogP contribution in [0.5, 0.6) is 17.2 Å². The van der Waals surface area contributed by atoms with Gasteiger partial charge in [-0.2, -0.15) is 0 Å². The summed E-state index contributed by atoms with van der Waals surface area (Å²) < 4.78 is 17.1. The third kappa shape index (κ3) is 7.58. The first kappa shape index (κ1) is 30.0.